The van der Waals surface area contributed by atoms with E-state index < -0.39 is 0 Å². The molecule has 1 saturated carbocycles. The number of carbonyl (C=O) groups excluding carboxylic acids is 1. The number of amides is 1. The van der Waals surface area contributed by atoms with Gasteiger partial charge in [0.1, 0.15) is 10.6 Å². The fourth-order valence-electron chi connectivity index (χ4n) is 3.45. The molecule has 1 heterocycles. The van der Waals surface area contributed by atoms with Crippen molar-refractivity contribution in [1.29, 1.82) is 0 Å². The third-order valence-corrected chi connectivity index (χ3v) is 6.02. The molecule has 0 atom stereocenters. The zero-order valence-corrected chi connectivity index (χ0v) is 18.0. The van der Waals surface area contributed by atoms with Crippen LogP contribution in [0.5, 0.6) is 11.5 Å². The minimum Gasteiger partial charge on any atom is -0.493 e. The molecule has 0 aliphatic heterocycles. The van der Waals surface area contributed by atoms with Crippen LogP contribution in [0.15, 0.2) is 48.5 Å². The Morgan fingerprint density at radius 3 is 2.57 bits per heavy atom. The molecule has 1 aliphatic rings. The molecule has 0 unspecified atom stereocenters. The molecule has 156 valence electrons. The summed E-state index contributed by atoms with van der Waals surface area (Å²) in [6.45, 7) is 1.41. The van der Waals surface area contributed by atoms with E-state index in [1.165, 1.54) is 24.4 Å². The smallest absolute Gasteiger partial charge is 0.267 e. The van der Waals surface area contributed by atoms with Gasteiger partial charge in [0, 0.05) is 18.7 Å². The average Bonchev–Trinajstić information content (AvgIpc) is 3.48. The van der Waals surface area contributed by atoms with Crippen LogP contribution in [0.3, 0.4) is 0 Å². The SMILES string of the molecule is COc1ccc(CCN(CC2CC2)C(=O)c2snnc2-c2ccccc2)cc1OC. The molecule has 7 heteroatoms. The van der Waals surface area contributed by atoms with Gasteiger partial charge in [-0.05, 0) is 54.4 Å². The van der Waals surface area contributed by atoms with Gasteiger partial charge < -0.3 is 14.4 Å². The van der Waals surface area contributed by atoms with Crippen molar-refractivity contribution in [3.63, 3.8) is 0 Å². The molecule has 0 saturated heterocycles. The molecule has 1 fully saturated rings. The van der Waals surface area contributed by atoms with Crippen molar-refractivity contribution < 1.29 is 14.3 Å². The van der Waals surface area contributed by atoms with Gasteiger partial charge in [-0.3, -0.25) is 4.79 Å². The third-order valence-electron chi connectivity index (χ3n) is 5.31. The topological polar surface area (TPSA) is 64.5 Å². The van der Waals surface area contributed by atoms with Crippen LogP contribution in [-0.4, -0.2) is 47.7 Å². The van der Waals surface area contributed by atoms with Crippen LogP contribution in [0.25, 0.3) is 11.3 Å². The quantitative estimate of drug-likeness (QED) is 0.513. The molecule has 0 N–H and O–H groups in total. The highest BCUT2D eigenvalue weighted by atomic mass is 32.1. The fourth-order valence-corrected chi connectivity index (χ4v) is 4.10. The van der Waals surface area contributed by atoms with Gasteiger partial charge in [-0.25, -0.2) is 0 Å². The van der Waals surface area contributed by atoms with Gasteiger partial charge >= 0.3 is 0 Å². The summed E-state index contributed by atoms with van der Waals surface area (Å²) in [5, 5.41) is 4.24. The summed E-state index contributed by atoms with van der Waals surface area (Å²) in [6, 6.07) is 15.7. The predicted octanol–water partition coefficient (Wildman–Crippen LogP) is 4.32. The minimum atomic E-state index is 0.0104. The van der Waals surface area contributed by atoms with Crippen molar-refractivity contribution in [1.82, 2.24) is 14.5 Å². The Hall–Kier alpha value is -2.93. The highest BCUT2D eigenvalue weighted by Gasteiger charge is 2.29. The van der Waals surface area contributed by atoms with E-state index in [-0.39, 0.29) is 5.91 Å². The lowest BCUT2D eigenvalue weighted by molar-refractivity contribution is 0.0755. The predicted molar refractivity (Wildman–Crippen MR) is 117 cm³/mol. The second-order valence-electron chi connectivity index (χ2n) is 7.45. The number of methoxy groups -OCH3 is 2. The van der Waals surface area contributed by atoms with E-state index in [1.807, 2.05) is 53.4 Å². The molecule has 3 aromatic rings. The summed E-state index contributed by atoms with van der Waals surface area (Å²) in [5.74, 6) is 2.01. The number of rotatable bonds is 9. The van der Waals surface area contributed by atoms with Crippen molar-refractivity contribution in [2.24, 2.45) is 5.92 Å². The first-order chi connectivity index (χ1) is 14.7. The minimum absolute atomic E-state index is 0.0104. The van der Waals surface area contributed by atoms with Crippen molar-refractivity contribution in [2.75, 3.05) is 27.3 Å². The molecule has 30 heavy (non-hydrogen) atoms. The van der Waals surface area contributed by atoms with Gasteiger partial charge in [0.2, 0.25) is 0 Å². The Balaban J connectivity index is 1.52. The Labute approximate surface area is 180 Å². The van der Waals surface area contributed by atoms with Crippen molar-refractivity contribution in [3.8, 4) is 22.8 Å². The lowest BCUT2D eigenvalue weighted by Crippen LogP contribution is -2.34. The maximum Gasteiger partial charge on any atom is 0.267 e. The van der Waals surface area contributed by atoms with Gasteiger partial charge in [0.25, 0.3) is 5.91 Å². The number of aromatic nitrogens is 2. The summed E-state index contributed by atoms with van der Waals surface area (Å²) >= 11 is 1.17. The van der Waals surface area contributed by atoms with Crippen LogP contribution in [0.1, 0.15) is 28.1 Å². The van der Waals surface area contributed by atoms with E-state index in [9.17, 15) is 4.79 Å². The number of nitrogens with zero attached hydrogens (tertiary/aromatic N) is 3. The Kier molecular flexibility index (Phi) is 6.28. The van der Waals surface area contributed by atoms with Gasteiger partial charge in [0.05, 0.1) is 14.2 Å². The molecule has 2 aromatic carbocycles. The van der Waals surface area contributed by atoms with Crippen molar-refractivity contribution in [3.05, 3.63) is 59.0 Å². The molecular formula is C23H25N3O3S. The summed E-state index contributed by atoms with van der Waals surface area (Å²) in [6.07, 6.45) is 3.12. The summed E-state index contributed by atoms with van der Waals surface area (Å²) in [7, 11) is 3.26. The number of ether oxygens (including phenoxy) is 2. The van der Waals surface area contributed by atoms with E-state index in [0.717, 1.165) is 24.1 Å². The molecule has 1 amide bonds. The highest BCUT2D eigenvalue weighted by Crippen LogP contribution is 2.32. The van der Waals surface area contributed by atoms with E-state index in [4.69, 9.17) is 9.47 Å². The van der Waals surface area contributed by atoms with Crippen LogP contribution < -0.4 is 9.47 Å². The van der Waals surface area contributed by atoms with Gasteiger partial charge in [0.15, 0.2) is 11.5 Å². The molecule has 1 aromatic heterocycles. The molecule has 0 radical (unpaired) electrons. The van der Waals surface area contributed by atoms with E-state index in [2.05, 4.69) is 9.59 Å². The van der Waals surface area contributed by atoms with Crippen LogP contribution in [0.2, 0.25) is 0 Å². The highest BCUT2D eigenvalue weighted by molar-refractivity contribution is 7.08. The summed E-state index contributed by atoms with van der Waals surface area (Å²) < 4.78 is 14.8. The Bertz CT molecular complexity index is 1000. The molecular weight excluding hydrogens is 398 g/mol. The molecule has 0 spiro atoms. The van der Waals surface area contributed by atoms with Gasteiger partial charge in [-0.1, -0.05) is 40.9 Å². The Morgan fingerprint density at radius 2 is 1.87 bits per heavy atom. The second kappa shape index (κ2) is 9.26. The zero-order chi connectivity index (χ0) is 20.9. The maximum atomic E-state index is 13.4. The molecule has 6 nitrogen and oxygen atoms in total. The van der Waals surface area contributed by atoms with Crippen molar-refractivity contribution >= 4 is 17.4 Å². The number of hydrogen-bond acceptors (Lipinski definition) is 6. The molecule has 1 aliphatic carbocycles. The molecule has 4 rings (SSSR count). The third kappa shape index (κ3) is 4.62. The number of hydrogen-bond donors (Lipinski definition) is 0. The van der Waals surface area contributed by atoms with Crippen LogP contribution in [-0.2, 0) is 6.42 Å². The lowest BCUT2D eigenvalue weighted by atomic mass is 10.1. The maximum absolute atomic E-state index is 13.4. The zero-order valence-electron chi connectivity index (χ0n) is 17.2. The van der Waals surface area contributed by atoms with E-state index in [1.54, 1.807) is 14.2 Å². The first-order valence-corrected chi connectivity index (χ1v) is 10.8. The monoisotopic (exact) mass is 423 g/mol. The average molecular weight is 424 g/mol. The second-order valence-corrected chi connectivity index (χ2v) is 8.20. The van der Waals surface area contributed by atoms with Crippen LogP contribution >= 0.6 is 11.5 Å². The standard InChI is InChI=1S/C23H25N3O3S/c1-28-19-11-10-16(14-20(19)29-2)12-13-26(15-17-8-9-17)23(27)22-21(24-25-30-22)18-6-4-3-5-7-18/h3-7,10-11,14,17H,8-9,12-13,15H2,1-2H3. The fraction of sp³-hybridized carbons (Fsp3) is 0.348. The van der Waals surface area contributed by atoms with Crippen LogP contribution in [0.4, 0.5) is 0 Å². The summed E-state index contributed by atoms with van der Waals surface area (Å²) in [4.78, 5) is 16.0. The van der Waals surface area contributed by atoms with E-state index in [0.29, 0.717) is 34.5 Å². The normalized spacial score (nSPS) is 13.1. The van der Waals surface area contributed by atoms with Gasteiger partial charge in [-0.15, -0.1) is 5.10 Å². The number of benzene rings is 2. The summed E-state index contributed by atoms with van der Waals surface area (Å²) in [5.41, 5.74) is 2.69. The molecule has 0 bridgehead atoms. The Morgan fingerprint density at radius 1 is 1.10 bits per heavy atom. The van der Waals surface area contributed by atoms with Gasteiger partial charge in [-0.2, -0.15) is 0 Å². The van der Waals surface area contributed by atoms with Crippen LogP contribution in [0, 0.1) is 5.92 Å². The van der Waals surface area contributed by atoms with E-state index >= 15 is 0 Å². The first-order valence-electron chi connectivity index (χ1n) is 10.1. The lowest BCUT2D eigenvalue weighted by Gasteiger charge is -2.22. The first kappa shape index (κ1) is 20.3. The number of carbonyl (C=O) groups is 1. The largest absolute Gasteiger partial charge is 0.493 e. The van der Waals surface area contributed by atoms with Crippen molar-refractivity contribution in [2.45, 2.75) is 19.3 Å².